The molecule has 0 saturated carbocycles. The number of nitrogens with one attached hydrogen (secondary N) is 2. The lowest BCUT2D eigenvalue weighted by atomic mass is 9.94. The number of anilines is 1. The summed E-state index contributed by atoms with van der Waals surface area (Å²) in [6.45, 7) is 4.19. The number of carbonyl (C=O) groups excluding carboxylic acids is 2. The second-order valence-corrected chi connectivity index (χ2v) is 12.6. The van der Waals surface area contributed by atoms with Crippen molar-refractivity contribution < 1.29 is 32.3 Å². The standard InChI is InChI=1S/C26H32N2O7S2/c1-2-14-34-25(30)27-20-9-7-8-19(17-20)21-11-12-22(36-21)26(13-4-6-16-37(26,31)32)18-23(29)28-35-24-10-3-5-15-33-24/h2,7-9,11-12,17,24H,1,3-6,10,13-16,18H2,(H,27,30)(H,28,29)/t24?,26-/m0/s1. The molecular formula is C26H32N2O7S2. The van der Waals surface area contributed by atoms with Crippen LogP contribution in [0.1, 0.15) is 49.8 Å². The number of rotatable bonds is 9. The first-order valence-corrected chi connectivity index (χ1v) is 14.8. The molecule has 2 amide bonds. The quantitative estimate of drug-likeness (QED) is 0.338. The fraction of sp³-hybridized carbons (Fsp3) is 0.462. The van der Waals surface area contributed by atoms with Crippen LogP contribution in [0.5, 0.6) is 0 Å². The summed E-state index contributed by atoms with van der Waals surface area (Å²) in [5, 5.41) is 2.67. The maximum absolute atomic E-state index is 13.4. The van der Waals surface area contributed by atoms with Crippen molar-refractivity contribution >= 4 is 38.9 Å². The topological polar surface area (TPSA) is 120 Å². The van der Waals surface area contributed by atoms with Crippen LogP contribution in [-0.4, -0.2) is 45.7 Å². The molecule has 2 atom stereocenters. The lowest BCUT2D eigenvalue weighted by Crippen LogP contribution is -2.45. The van der Waals surface area contributed by atoms with Gasteiger partial charge in [0.2, 0.25) is 5.91 Å². The molecule has 1 aromatic carbocycles. The van der Waals surface area contributed by atoms with Gasteiger partial charge in [0.05, 0.1) is 12.2 Å². The third-order valence-electron chi connectivity index (χ3n) is 6.51. The van der Waals surface area contributed by atoms with Crippen molar-refractivity contribution in [1.82, 2.24) is 5.48 Å². The fourth-order valence-corrected chi connectivity index (χ4v) is 8.40. The normalized spacial score (nSPS) is 23.1. The van der Waals surface area contributed by atoms with Crippen LogP contribution in [0.2, 0.25) is 0 Å². The van der Waals surface area contributed by atoms with E-state index in [-0.39, 0.29) is 18.8 Å². The Morgan fingerprint density at radius 3 is 2.81 bits per heavy atom. The highest BCUT2D eigenvalue weighted by atomic mass is 32.2. The van der Waals surface area contributed by atoms with E-state index in [1.54, 1.807) is 24.3 Å². The van der Waals surface area contributed by atoms with E-state index in [1.165, 1.54) is 17.4 Å². The number of hydrogen-bond donors (Lipinski definition) is 2. The van der Waals surface area contributed by atoms with Gasteiger partial charge in [0.15, 0.2) is 16.1 Å². The van der Waals surface area contributed by atoms with Crippen molar-refractivity contribution in [2.24, 2.45) is 0 Å². The summed E-state index contributed by atoms with van der Waals surface area (Å²) >= 11 is 1.34. The minimum absolute atomic E-state index is 0.0341. The van der Waals surface area contributed by atoms with E-state index in [9.17, 15) is 18.0 Å². The number of hydrogen-bond acceptors (Lipinski definition) is 8. The predicted molar refractivity (Wildman–Crippen MR) is 142 cm³/mol. The molecule has 2 aliphatic rings. The summed E-state index contributed by atoms with van der Waals surface area (Å²) in [7, 11) is -3.60. The molecule has 2 aromatic rings. The molecule has 9 nitrogen and oxygen atoms in total. The molecule has 1 unspecified atom stereocenters. The highest BCUT2D eigenvalue weighted by Gasteiger charge is 2.49. The van der Waals surface area contributed by atoms with Crippen LogP contribution in [0.3, 0.4) is 0 Å². The molecule has 11 heteroatoms. The van der Waals surface area contributed by atoms with Gasteiger partial charge < -0.3 is 9.47 Å². The van der Waals surface area contributed by atoms with Crippen molar-refractivity contribution in [3.8, 4) is 10.4 Å². The van der Waals surface area contributed by atoms with Crippen LogP contribution >= 0.6 is 11.3 Å². The summed E-state index contributed by atoms with van der Waals surface area (Å²) in [5.41, 5.74) is 3.78. The molecule has 3 heterocycles. The van der Waals surface area contributed by atoms with E-state index in [0.29, 0.717) is 42.9 Å². The molecule has 1 aromatic heterocycles. The van der Waals surface area contributed by atoms with Crippen LogP contribution in [-0.2, 0) is 33.7 Å². The monoisotopic (exact) mass is 548 g/mol. The number of carbonyl (C=O) groups is 2. The number of hydroxylamine groups is 1. The summed E-state index contributed by atoms with van der Waals surface area (Å²) < 4.78 is 36.0. The van der Waals surface area contributed by atoms with E-state index in [2.05, 4.69) is 17.4 Å². The molecule has 2 N–H and O–H groups in total. The van der Waals surface area contributed by atoms with Gasteiger partial charge in [-0.15, -0.1) is 11.3 Å². The van der Waals surface area contributed by atoms with Gasteiger partial charge in [-0.3, -0.25) is 10.1 Å². The summed E-state index contributed by atoms with van der Waals surface area (Å²) in [6, 6.07) is 10.8. The van der Waals surface area contributed by atoms with E-state index in [1.807, 2.05) is 12.1 Å². The third kappa shape index (κ3) is 6.59. The Bertz CT molecular complexity index is 1220. The van der Waals surface area contributed by atoms with E-state index in [4.69, 9.17) is 14.3 Å². The largest absolute Gasteiger partial charge is 0.445 e. The zero-order valence-corrected chi connectivity index (χ0v) is 22.2. The van der Waals surface area contributed by atoms with Crippen molar-refractivity contribution in [2.45, 2.75) is 56.0 Å². The molecular weight excluding hydrogens is 516 g/mol. The zero-order chi connectivity index (χ0) is 26.3. The van der Waals surface area contributed by atoms with Crippen LogP contribution in [0, 0.1) is 0 Å². The van der Waals surface area contributed by atoms with Gasteiger partial charge >= 0.3 is 6.09 Å². The lowest BCUT2D eigenvalue weighted by Gasteiger charge is -2.35. The highest BCUT2D eigenvalue weighted by molar-refractivity contribution is 7.92. The Hall–Kier alpha value is -2.73. The van der Waals surface area contributed by atoms with Gasteiger partial charge in [-0.2, -0.15) is 0 Å². The molecule has 0 spiro atoms. The Morgan fingerprint density at radius 2 is 2.05 bits per heavy atom. The lowest BCUT2D eigenvalue weighted by molar-refractivity contribution is -0.200. The van der Waals surface area contributed by atoms with Gasteiger partial charge in [-0.25, -0.2) is 23.5 Å². The first-order chi connectivity index (χ1) is 17.8. The van der Waals surface area contributed by atoms with Crippen LogP contribution < -0.4 is 10.8 Å². The first kappa shape index (κ1) is 27.3. The number of ether oxygens (including phenoxy) is 2. The minimum Gasteiger partial charge on any atom is -0.445 e. The molecule has 0 bridgehead atoms. The Kier molecular flexibility index (Phi) is 9.01. The summed E-state index contributed by atoms with van der Waals surface area (Å²) in [4.78, 5) is 31.7. The average Bonchev–Trinajstić information content (AvgIpc) is 3.39. The van der Waals surface area contributed by atoms with Crippen LogP contribution in [0.25, 0.3) is 10.4 Å². The number of benzene rings is 1. The second-order valence-electron chi connectivity index (χ2n) is 9.14. The van der Waals surface area contributed by atoms with Crippen molar-refractivity contribution in [2.75, 3.05) is 24.3 Å². The molecule has 0 aliphatic carbocycles. The molecule has 0 radical (unpaired) electrons. The number of sulfone groups is 1. The Balaban J connectivity index is 1.54. The first-order valence-electron chi connectivity index (χ1n) is 12.4. The van der Waals surface area contributed by atoms with Gasteiger partial charge in [-0.05, 0) is 55.5 Å². The Morgan fingerprint density at radius 1 is 1.19 bits per heavy atom. The van der Waals surface area contributed by atoms with Crippen LogP contribution in [0.4, 0.5) is 10.5 Å². The summed E-state index contributed by atoms with van der Waals surface area (Å²) in [6.07, 6.45) is 4.37. The van der Waals surface area contributed by atoms with E-state index in [0.717, 1.165) is 23.3 Å². The number of amides is 2. The SMILES string of the molecule is C=CCOC(=O)Nc1cccc(-c2ccc([C@@]3(CC(=O)NOC4CCCCO4)CCCCS3(=O)=O)s2)c1. The average molecular weight is 549 g/mol. The highest BCUT2D eigenvalue weighted by Crippen LogP contribution is 2.47. The van der Waals surface area contributed by atoms with Gasteiger partial charge in [-0.1, -0.05) is 31.2 Å². The Labute approximate surface area is 221 Å². The van der Waals surface area contributed by atoms with Gasteiger partial charge in [0.1, 0.15) is 11.4 Å². The molecule has 37 heavy (non-hydrogen) atoms. The van der Waals surface area contributed by atoms with E-state index >= 15 is 0 Å². The molecule has 2 fully saturated rings. The molecule has 2 aliphatic heterocycles. The predicted octanol–water partition coefficient (Wildman–Crippen LogP) is 4.91. The third-order valence-corrected chi connectivity index (χ3v) is 10.6. The smallest absolute Gasteiger partial charge is 0.411 e. The zero-order valence-electron chi connectivity index (χ0n) is 20.6. The fourth-order valence-electron chi connectivity index (χ4n) is 4.62. The molecule has 2 saturated heterocycles. The molecule has 200 valence electrons. The van der Waals surface area contributed by atoms with Crippen molar-refractivity contribution in [1.29, 1.82) is 0 Å². The maximum atomic E-state index is 13.4. The van der Waals surface area contributed by atoms with Gasteiger partial charge in [0, 0.05) is 28.5 Å². The van der Waals surface area contributed by atoms with Gasteiger partial charge in [0.25, 0.3) is 0 Å². The number of thiophene rings is 1. The molecule has 4 rings (SSSR count). The van der Waals surface area contributed by atoms with Crippen LogP contribution in [0.15, 0.2) is 49.1 Å². The van der Waals surface area contributed by atoms with Crippen molar-refractivity contribution in [3.05, 3.63) is 53.9 Å². The van der Waals surface area contributed by atoms with Crippen molar-refractivity contribution in [3.63, 3.8) is 0 Å². The van der Waals surface area contributed by atoms with E-state index < -0.39 is 32.9 Å². The summed E-state index contributed by atoms with van der Waals surface area (Å²) in [5.74, 6) is -0.453. The second kappa shape index (κ2) is 12.2. The maximum Gasteiger partial charge on any atom is 0.411 e. The minimum atomic E-state index is -3.60.